The van der Waals surface area contributed by atoms with E-state index in [2.05, 4.69) is 5.32 Å². The van der Waals surface area contributed by atoms with Gasteiger partial charge >= 0.3 is 0 Å². The Labute approximate surface area is 113 Å². The molecule has 0 radical (unpaired) electrons. The van der Waals surface area contributed by atoms with Gasteiger partial charge in [-0.3, -0.25) is 19.7 Å². The van der Waals surface area contributed by atoms with Gasteiger partial charge in [0.15, 0.2) is 0 Å². The van der Waals surface area contributed by atoms with E-state index < -0.39 is 41.8 Å². The number of amides is 3. The van der Waals surface area contributed by atoms with Gasteiger partial charge in [-0.2, -0.15) is 0 Å². The highest BCUT2D eigenvalue weighted by Gasteiger charge is 2.33. The van der Waals surface area contributed by atoms with Crippen LogP contribution in [0, 0.1) is 11.6 Å². The quantitative estimate of drug-likeness (QED) is 0.798. The second kappa shape index (κ2) is 5.36. The van der Waals surface area contributed by atoms with Crippen LogP contribution in [0.2, 0.25) is 0 Å². The van der Waals surface area contributed by atoms with E-state index in [0.717, 1.165) is 17.0 Å². The molecule has 0 bridgehead atoms. The lowest BCUT2D eigenvalue weighted by molar-refractivity contribution is -0.149. The van der Waals surface area contributed by atoms with Gasteiger partial charge in [0.25, 0.3) is 0 Å². The SMILES string of the molecule is CC1C(=O)NC(=O)CN1C(=O)Cc1c(F)cccc1F. The lowest BCUT2D eigenvalue weighted by Crippen LogP contribution is -2.58. The maximum Gasteiger partial charge on any atom is 0.249 e. The standard InChI is InChI=1S/C13H12F2N2O3/c1-7-13(20)16-11(18)6-17(7)12(19)5-8-9(14)3-2-4-10(8)15/h2-4,7H,5-6H2,1H3,(H,16,18,20). The first-order valence-corrected chi connectivity index (χ1v) is 5.96. The first-order chi connectivity index (χ1) is 9.40. The van der Waals surface area contributed by atoms with E-state index >= 15 is 0 Å². The first kappa shape index (κ1) is 14.1. The second-order valence-corrected chi connectivity index (χ2v) is 4.49. The number of imide groups is 1. The molecule has 106 valence electrons. The molecule has 1 N–H and O–H groups in total. The Bertz CT molecular complexity index is 569. The van der Waals surface area contributed by atoms with Crippen LogP contribution in [-0.2, 0) is 20.8 Å². The Morgan fingerprint density at radius 3 is 2.55 bits per heavy atom. The van der Waals surface area contributed by atoms with E-state index in [4.69, 9.17) is 0 Å². The molecule has 1 aromatic carbocycles. The van der Waals surface area contributed by atoms with Gasteiger partial charge in [0.2, 0.25) is 17.7 Å². The summed E-state index contributed by atoms with van der Waals surface area (Å²) < 4.78 is 26.9. The normalized spacial score (nSPS) is 18.9. The van der Waals surface area contributed by atoms with Crippen molar-refractivity contribution >= 4 is 17.7 Å². The highest BCUT2D eigenvalue weighted by atomic mass is 19.1. The average Bonchev–Trinajstić information content (AvgIpc) is 2.38. The third-order valence-electron chi connectivity index (χ3n) is 3.13. The summed E-state index contributed by atoms with van der Waals surface area (Å²) in [7, 11) is 0. The van der Waals surface area contributed by atoms with Crippen molar-refractivity contribution in [2.24, 2.45) is 0 Å². The van der Waals surface area contributed by atoms with E-state index in [1.807, 2.05) is 0 Å². The van der Waals surface area contributed by atoms with Crippen LogP contribution < -0.4 is 5.32 Å². The molecule has 1 aliphatic rings. The highest BCUT2D eigenvalue weighted by molar-refractivity contribution is 6.04. The van der Waals surface area contributed by atoms with Crippen LogP contribution >= 0.6 is 0 Å². The lowest BCUT2D eigenvalue weighted by Gasteiger charge is -2.31. The van der Waals surface area contributed by atoms with Gasteiger partial charge in [0.1, 0.15) is 24.2 Å². The Balaban J connectivity index is 2.19. The topological polar surface area (TPSA) is 66.5 Å². The van der Waals surface area contributed by atoms with Crippen molar-refractivity contribution < 1.29 is 23.2 Å². The van der Waals surface area contributed by atoms with Crippen molar-refractivity contribution in [3.8, 4) is 0 Å². The number of benzene rings is 1. The van der Waals surface area contributed by atoms with Crippen LogP contribution in [0.15, 0.2) is 18.2 Å². The lowest BCUT2D eigenvalue weighted by atomic mass is 10.1. The van der Waals surface area contributed by atoms with E-state index in [-0.39, 0.29) is 12.1 Å². The van der Waals surface area contributed by atoms with Crippen LogP contribution in [0.5, 0.6) is 0 Å². The third kappa shape index (κ3) is 2.66. The number of hydrogen-bond acceptors (Lipinski definition) is 3. The number of carbonyl (C=O) groups excluding carboxylic acids is 3. The summed E-state index contributed by atoms with van der Waals surface area (Å²) in [6, 6.07) is 2.43. The molecule has 5 nitrogen and oxygen atoms in total. The molecule has 1 fully saturated rings. The minimum atomic E-state index is -0.852. The fourth-order valence-corrected chi connectivity index (χ4v) is 1.97. The Morgan fingerprint density at radius 2 is 1.95 bits per heavy atom. The summed E-state index contributed by atoms with van der Waals surface area (Å²) in [5, 5.41) is 2.08. The Kier molecular flexibility index (Phi) is 3.78. The molecule has 20 heavy (non-hydrogen) atoms. The zero-order valence-corrected chi connectivity index (χ0v) is 10.7. The molecule has 0 saturated carbocycles. The summed E-state index contributed by atoms with van der Waals surface area (Å²) in [6.07, 6.45) is -0.538. The molecule has 3 amide bonds. The zero-order valence-electron chi connectivity index (χ0n) is 10.7. The van der Waals surface area contributed by atoms with Crippen LogP contribution in [-0.4, -0.2) is 35.2 Å². The molecule has 1 unspecified atom stereocenters. The minimum absolute atomic E-state index is 0.304. The molecular formula is C13H12F2N2O3. The van der Waals surface area contributed by atoms with E-state index in [9.17, 15) is 23.2 Å². The van der Waals surface area contributed by atoms with E-state index in [1.54, 1.807) is 0 Å². The molecule has 1 heterocycles. The van der Waals surface area contributed by atoms with Gasteiger partial charge in [0, 0.05) is 5.56 Å². The van der Waals surface area contributed by atoms with Crippen molar-refractivity contribution in [1.29, 1.82) is 0 Å². The average molecular weight is 282 g/mol. The molecular weight excluding hydrogens is 270 g/mol. The maximum absolute atomic E-state index is 13.5. The van der Waals surface area contributed by atoms with Crippen LogP contribution in [0.3, 0.4) is 0 Å². The van der Waals surface area contributed by atoms with E-state index in [0.29, 0.717) is 0 Å². The van der Waals surface area contributed by atoms with Gasteiger partial charge < -0.3 is 4.90 Å². The fraction of sp³-hybridized carbons (Fsp3) is 0.308. The number of nitrogens with zero attached hydrogens (tertiary/aromatic N) is 1. The summed E-state index contributed by atoms with van der Waals surface area (Å²) in [6.45, 7) is 1.14. The first-order valence-electron chi connectivity index (χ1n) is 5.96. The van der Waals surface area contributed by atoms with Gasteiger partial charge in [0.05, 0.1) is 6.42 Å². The molecule has 0 aliphatic carbocycles. The molecule has 7 heteroatoms. The van der Waals surface area contributed by atoms with Gasteiger partial charge in [-0.05, 0) is 19.1 Å². The smallest absolute Gasteiger partial charge is 0.249 e. The van der Waals surface area contributed by atoms with Crippen LogP contribution in [0.25, 0.3) is 0 Å². The van der Waals surface area contributed by atoms with Gasteiger partial charge in [-0.25, -0.2) is 8.78 Å². The molecule has 1 aliphatic heterocycles. The molecule has 0 spiro atoms. The monoisotopic (exact) mass is 282 g/mol. The van der Waals surface area contributed by atoms with Crippen LogP contribution in [0.1, 0.15) is 12.5 Å². The van der Waals surface area contributed by atoms with Crippen molar-refractivity contribution in [2.45, 2.75) is 19.4 Å². The molecule has 1 saturated heterocycles. The predicted octanol–water partition coefficient (Wildman–Crippen LogP) is 0.381. The summed E-state index contributed by atoms with van der Waals surface area (Å²) in [4.78, 5) is 35.7. The largest absolute Gasteiger partial charge is 0.321 e. The third-order valence-corrected chi connectivity index (χ3v) is 3.13. The van der Waals surface area contributed by atoms with Gasteiger partial charge in [-0.15, -0.1) is 0 Å². The number of rotatable bonds is 2. The highest BCUT2D eigenvalue weighted by Crippen LogP contribution is 2.15. The number of hydrogen-bond donors (Lipinski definition) is 1. The van der Waals surface area contributed by atoms with Crippen molar-refractivity contribution in [3.63, 3.8) is 0 Å². The number of carbonyl (C=O) groups is 3. The van der Waals surface area contributed by atoms with E-state index in [1.165, 1.54) is 13.0 Å². The number of halogens is 2. The Morgan fingerprint density at radius 1 is 1.35 bits per heavy atom. The summed E-state index contributed by atoms with van der Waals surface area (Å²) in [5.41, 5.74) is -0.372. The molecule has 2 rings (SSSR count). The number of nitrogens with one attached hydrogen (secondary N) is 1. The van der Waals surface area contributed by atoms with Crippen molar-refractivity contribution in [1.82, 2.24) is 10.2 Å². The number of piperazine rings is 1. The van der Waals surface area contributed by atoms with Crippen LogP contribution in [0.4, 0.5) is 8.78 Å². The van der Waals surface area contributed by atoms with Gasteiger partial charge in [-0.1, -0.05) is 6.07 Å². The molecule has 1 aromatic rings. The maximum atomic E-state index is 13.5. The molecule has 0 aromatic heterocycles. The summed E-state index contributed by atoms with van der Waals surface area (Å²) in [5.74, 6) is -3.57. The molecule has 1 atom stereocenters. The summed E-state index contributed by atoms with van der Waals surface area (Å²) >= 11 is 0. The second-order valence-electron chi connectivity index (χ2n) is 4.49. The zero-order chi connectivity index (χ0) is 14.9. The van der Waals surface area contributed by atoms with Crippen molar-refractivity contribution in [2.75, 3.05) is 6.54 Å². The Hall–Kier alpha value is -2.31. The predicted molar refractivity (Wildman–Crippen MR) is 64.4 cm³/mol. The fourth-order valence-electron chi connectivity index (χ4n) is 1.97. The van der Waals surface area contributed by atoms with Crippen molar-refractivity contribution in [3.05, 3.63) is 35.4 Å². The minimum Gasteiger partial charge on any atom is -0.321 e.